The third-order valence-electron chi connectivity index (χ3n) is 2.72. The zero-order valence-electron chi connectivity index (χ0n) is 10.3. The second-order valence-corrected chi connectivity index (χ2v) is 4.19. The number of nitrogens with one attached hydrogen (secondary N) is 2. The van der Waals surface area contributed by atoms with Crippen LogP contribution >= 0.6 is 0 Å². The molecule has 1 aromatic heterocycles. The monoisotopic (exact) mass is 257 g/mol. The maximum Gasteiger partial charge on any atom is 0.333 e. The lowest BCUT2D eigenvalue weighted by Gasteiger charge is -2.03. The number of aromatic nitrogens is 3. The van der Waals surface area contributed by atoms with Crippen LogP contribution in [0.15, 0.2) is 14.4 Å². The lowest BCUT2D eigenvalue weighted by atomic mass is 10.1. The topological polar surface area (TPSA) is 108 Å². The Morgan fingerprint density at radius 2 is 1.33 bits per heavy atom. The van der Waals surface area contributed by atoms with E-state index in [0.717, 1.165) is 36.7 Å². The Labute approximate surface area is 103 Å². The molecule has 0 spiro atoms. The van der Waals surface area contributed by atoms with Crippen molar-refractivity contribution in [2.45, 2.75) is 45.1 Å². The Morgan fingerprint density at radius 1 is 0.833 bits per heavy atom. The molecule has 7 heteroatoms. The van der Waals surface area contributed by atoms with Crippen LogP contribution in [0.2, 0.25) is 0 Å². The summed E-state index contributed by atoms with van der Waals surface area (Å²) in [6, 6.07) is 0. The summed E-state index contributed by atoms with van der Waals surface area (Å²) in [5, 5.41) is 8.60. The normalized spacial score (nSPS) is 10.7. The van der Waals surface area contributed by atoms with Crippen molar-refractivity contribution in [3.8, 4) is 0 Å². The molecule has 0 aliphatic carbocycles. The van der Waals surface area contributed by atoms with Gasteiger partial charge in [-0.15, -0.1) is 0 Å². The predicted octanol–water partition coefficient (Wildman–Crippen LogP) is -0.442. The molecule has 102 valence electrons. The standard InChI is InChI=1S/C11H19N3O4/c15-8-6-4-2-1-3-5-7-14-10(17)12-9(16)13-11(14)18/h15H,1-8H2,(H2,12,13,16,17,18). The van der Waals surface area contributed by atoms with Crippen LogP contribution in [0.1, 0.15) is 38.5 Å². The van der Waals surface area contributed by atoms with Gasteiger partial charge in [0, 0.05) is 13.2 Å². The summed E-state index contributed by atoms with van der Waals surface area (Å²) in [6.45, 7) is 0.535. The van der Waals surface area contributed by atoms with Crippen molar-refractivity contribution < 1.29 is 5.11 Å². The van der Waals surface area contributed by atoms with Gasteiger partial charge in [-0.3, -0.25) is 9.97 Å². The first-order valence-corrected chi connectivity index (χ1v) is 6.19. The van der Waals surface area contributed by atoms with Crippen LogP contribution in [0.3, 0.4) is 0 Å². The van der Waals surface area contributed by atoms with Gasteiger partial charge < -0.3 is 5.11 Å². The molecule has 0 amide bonds. The summed E-state index contributed by atoms with van der Waals surface area (Å²) >= 11 is 0. The number of nitrogens with zero attached hydrogens (tertiary/aromatic N) is 1. The fourth-order valence-corrected chi connectivity index (χ4v) is 1.74. The smallest absolute Gasteiger partial charge is 0.333 e. The van der Waals surface area contributed by atoms with Gasteiger partial charge in [-0.05, 0) is 12.8 Å². The fraction of sp³-hybridized carbons (Fsp3) is 0.727. The van der Waals surface area contributed by atoms with Crippen LogP contribution in [-0.2, 0) is 6.54 Å². The van der Waals surface area contributed by atoms with E-state index in [9.17, 15) is 14.4 Å². The van der Waals surface area contributed by atoms with Crippen LogP contribution in [0.5, 0.6) is 0 Å². The predicted molar refractivity (Wildman–Crippen MR) is 66.7 cm³/mol. The third-order valence-corrected chi connectivity index (χ3v) is 2.72. The number of H-pyrrole nitrogens is 2. The van der Waals surface area contributed by atoms with Crippen LogP contribution in [0, 0.1) is 0 Å². The van der Waals surface area contributed by atoms with Crippen LogP contribution in [0.4, 0.5) is 0 Å². The van der Waals surface area contributed by atoms with Crippen molar-refractivity contribution >= 4 is 0 Å². The van der Waals surface area contributed by atoms with E-state index in [4.69, 9.17) is 5.11 Å². The molecule has 1 heterocycles. The minimum atomic E-state index is -0.773. The van der Waals surface area contributed by atoms with E-state index in [1.54, 1.807) is 0 Å². The van der Waals surface area contributed by atoms with Crippen molar-refractivity contribution in [2.24, 2.45) is 0 Å². The zero-order valence-corrected chi connectivity index (χ0v) is 10.3. The Bertz CT molecular complexity index is 480. The Morgan fingerprint density at radius 3 is 1.89 bits per heavy atom. The Balaban J connectivity index is 2.34. The molecule has 7 nitrogen and oxygen atoms in total. The number of aliphatic hydroxyl groups excluding tert-OH is 1. The molecule has 0 fully saturated rings. The number of aromatic amines is 2. The maximum absolute atomic E-state index is 11.3. The summed E-state index contributed by atoms with van der Waals surface area (Å²) in [5.41, 5.74) is -2.10. The largest absolute Gasteiger partial charge is 0.396 e. The molecule has 18 heavy (non-hydrogen) atoms. The van der Waals surface area contributed by atoms with Gasteiger partial charge in [0.15, 0.2) is 0 Å². The molecule has 0 aliphatic rings. The summed E-state index contributed by atoms with van der Waals surface area (Å²) < 4.78 is 0.995. The minimum Gasteiger partial charge on any atom is -0.396 e. The van der Waals surface area contributed by atoms with Gasteiger partial charge in [-0.1, -0.05) is 25.7 Å². The van der Waals surface area contributed by atoms with Gasteiger partial charge in [0.05, 0.1) is 0 Å². The van der Waals surface area contributed by atoms with Gasteiger partial charge >= 0.3 is 17.1 Å². The quantitative estimate of drug-likeness (QED) is 0.548. The lowest BCUT2D eigenvalue weighted by molar-refractivity contribution is 0.282. The first kappa shape index (κ1) is 14.4. The first-order chi connectivity index (χ1) is 8.65. The number of hydrogen-bond acceptors (Lipinski definition) is 4. The number of hydrogen-bond donors (Lipinski definition) is 3. The molecule has 0 unspecified atom stereocenters. The molecular weight excluding hydrogens is 238 g/mol. The molecule has 1 aromatic rings. The van der Waals surface area contributed by atoms with Crippen molar-refractivity contribution in [3.05, 3.63) is 31.5 Å². The average Bonchev–Trinajstić information content (AvgIpc) is 2.30. The molecule has 0 saturated heterocycles. The third kappa shape index (κ3) is 4.70. The molecular formula is C11H19N3O4. The van der Waals surface area contributed by atoms with Gasteiger partial charge in [-0.2, -0.15) is 0 Å². The summed E-state index contributed by atoms with van der Waals surface area (Å²) in [4.78, 5) is 37.5. The van der Waals surface area contributed by atoms with E-state index < -0.39 is 17.1 Å². The highest BCUT2D eigenvalue weighted by molar-refractivity contribution is 4.68. The van der Waals surface area contributed by atoms with Gasteiger partial charge in [0.2, 0.25) is 0 Å². The molecule has 0 aromatic carbocycles. The number of rotatable bonds is 8. The summed E-state index contributed by atoms with van der Waals surface area (Å²) in [5.74, 6) is 0. The molecule has 0 radical (unpaired) electrons. The molecule has 0 atom stereocenters. The highest BCUT2D eigenvalue weighted by Gasteiger charge is 2.01. The van der Waals surface area contributed by atoms with E-state index in [1.165, 1.54) is 0 Å². The van der Waals surface area contributed by atoms with E-state index >= 15 is 0 Å². The van der Waals surface area contributed by atoms with E-state index in [-0.39, 0.29) is 6.61 Å². The van der Waals surface area contributed by atoms with Crippen molar-refractivity contribution in [1.29, 1.82) is 0 Å². The molecule has 0 saturated carbocycles. The van der Waals surface area contributed by atoms with Crippen molar-refractivity contribution in [1.82, 2.24) is 14.5 Å². The lowest BCUT2D eigenvalue weighted by Crippen LogP contribution is -2.43. The highest BCUT2D eigenvalue weighted by atomic mass is 16.3. The highest BCUT2D eigenvalue weighted by Crippen LogP contribution is 2.05. The SMILES string of the molecule is O=c1[nH]c(=O)n(CCCCCCCCO)c(=O)[nH]1. The second kappa shape index (κ2) is 7.65. The Kier molecular flexibility index (Phi) is 6.13. The van der Waals surface area contributed by atoms with E-state index in [0.29, 0.717) is 13.0 Å². The first-order valence-electron chi connectivity index (χ1n) is 6.19. The number of aliphatic hydroxyl groups is 1. The summed E-state index contributed by atoms with van der Waals surface area (Å²) in [6.07, 6.45) is 5.49. The zero-order chi connectivity index (χ0) is 13.4. The molecule has 3 N–H and O–H groups in total. The van der Waals surface area contributed by atoms with Gasteiger partial charge in [0.1, 0.15) is 0 Å². The number of unbranched alkanes of at least 4 members (excludes halogenated alkanes) is 5. The molecule has 0 bridgehead atoms. The summed E-state index contributed by atoms with van der Waals surface area (Å²) in [7, 11) is 0. The van der Waals surface area contributed by atoms with Gasteiger partial charge in [-0.25, -0.2) is 19.0 Å². The van der Waals surface area contributed by atoms with Crippen molar-refractivity contribution in [3.63, 3.8) is 0 Å². The van der Waals surface area contributed by atoms with Crippen LogP contribution in [0.25, 0.3) is 0 Å². The van der Waals surface area contributed by atoms with Crippen molar-refractivity contribution in [2.75, 3.05) is 6.61 Å². The molecule has 1 rings (SSSR count). The van der Waals surface area contributed by atoms with Gasteiger partial charge in [0.25, 0.3) is 0 Å². The van der Waals surface area contributed by atoms with Crippen LogP contribution in [-0.4, -0.2) is 26.2 Å². The molecule has 0 aliphatic heterocycles. The average molecular weight is 257 g/mol. The second-order valence-electron chi connectivity index (χ2n) is 4.19. The minimum absolute atomic E-state index is 0.224. The fourth-order valence-electron chi connectivity index (χ4n) is 1.74. The Hall–Kier alpha value is -1.63. The van der Waals surface area contributed by atoms with E-state index in [2.05, 4.69) is 0 Å². The van der Waals surface area contributed by atoms with E-state index in [1.807, 2.05) is 9.97 Å². The maximum atomic E-state index is 11.3. The van der Waals surface area contributed by atoms with Crippen LogP contribution < -0.4 is 17.1 Å².